The number of amides is 1. The van der Waals surface area contributed by atoms with E-state index in [4.69, 9.17) is 23.2 Å². The van der Waals surface area contributed by atoms with Gasteiger partial charge in [0.05, 0.1) is 24.0 Å². The van der Waals surface area contributed by atoms with Crippen LogP contribution >= 0.6 is 35.0 Å². The zero-order valence-corrected chi connectivity index (χ0v) is 24.7. The van der Waals surface area contributed by atoms with E-state index in [0.29, 0.717) is 34.4 Å². The molecule has 2 aliphatic rings. The number of anilines is 1. The minimum absolute atomic E-state index is 0.0806. The Morgan fingerprint density at radius 2 is 1.51 bits per heavy atom. The Morgan fingerprint density at radius 1 is 0.949 bits per heavy atom. The number of hydrogen-bond acceptors (Lipinski definition) is 5. The van der Waals surface area contributed by atoms with Gasteiger partial charge >= 0.3 is 0 Å². The molecule has 1 N–H and O–H groups in total. The fourth-order valence-electron chi connectivity index (χ4n) is 5.32. The summed E-state index contributed by atoms with van der Waals surface area (Å²) in [6.45, 7) is 1.05. The molecule has 2 fully saturated rings. The molecule has 0 aromatic heterocycles. The number of thioether (sulfide) groups is 1. The van der Waals surface area contributed by atoms with Crippen LogP contribution in [0.25, 0.3) is 0 Å². The summed E-state index contributed by atoms with van der Waals surface area (Å²) in [6, 6.07) is 22.2. The number of rotatable bonds is 8. The van der Waals surface area contributed by atoms with Crippen molar-refractivity contribution in [3.05, 3.63) is 99.5 Å². The number of hydrogen-bond donors (Lipinski definition) is 1. The molecule has 0 spiro atoms. The van der Waals surface area contributed by atoms with E-state index in [2.05, 4.69) is 10.2 Å². The lowest BCUT2D eigenvalue weighted by atomic mass is 9.93. The predicted octanol–water partition coefficient (Wildman–Crippen LogP) is 5.86. The maximum Gasteiger partial charge on any atom is 0.251 e. The van der Waals surface area contributed by atoms with Crippen molar-refractivity contribution < 1.29 is 13.2 Å². The van der Waals surface area contributed by atoms with Crippen molar-refractivity contribution in [1.82, 2.24) is 10.2 Å². The Hall–Kier alpha value is -2.23. The molecule has 10 heteroatoms. The standard InChI is InChI=1S/C29H31Cl2N3O3S2/c1-39(36,37)34(26-4-2-3-22(17-26)29(35)32-25-13-15-38-16-14-25)27-18-33(19-27)28(20-5-9-23(30)10-6-20)21-7-11-24(31)12-8-21/h2-12,17,25,27-28H,13-16,18-19H2,1H3,(H,32,35). The van der Waals surface area contributed by atoms with Crippen molar-refractivity contribution in [2.45, 2.75) is 31.0 Å². The van der Waals surface area contributed by atoms with Crippen LogP contribution < -0.4 is 9.62 Å². The maximum absolute atomic E-state index is 13.0. The van der Waals surface area contributed by atoms with Crippen LogP contribution in [0.15, 0.2) is 72.8 Å². The van der Waals surface area contributed by atoms with Crippen molar-refractivity contribution in [3.63, 3.8) is 0 Å². The van der Waals surface area contributed by atoms with E-state index in [1.54, 1.807) is 24.3 Å². The van der Waals surface area contributed by atoms with Crippen molar-refractivity contribution in [2.75, 3.05) is 35.2 Å². The molecule has 2 heterocycles. The first-order chi connectivity index (χ1) is 18.7. The molecule has 5 rings (SSSR count). The number of nitrogens with zero attached hydrogens (tertiary/aromatic N) is 2. The molecule has 2 saturated heterocycles. The first kappa shape index (κ1) is 28.3. The molecular weight excluding hydrogens is 573 g/mol. The second-order valence-corrected chi connectivity index (χ2v) is 14.0. The quantitative estimate of drug-likeness (QED) is 0.349. The van der Waals surface area contributed by atoms with Crippen LogP contribution in [-0.4, -0.2) is 62.2 Å². The van der Waals surface area contributed by atoms with Gasteiger partial charge in [0.2, 0.25) is 10.0 Å². The number of likely N-dealkylation sites (tertiary alicyclic amines) is 1. The average molecular weight is 605 g/mol. The van der Waals surface area contributed by atoms with E-state index < -0.39 is 10.0 Å². The molecule has 0 unspecified atom stereocenters. The lowest BCUT2D eigenvalue weighted by Gasteiger charge is -2.48. The van der Waals surface area contributed by atoms with Gasteiger partial charge in [-0.2, -0.15) is 11.8 Å². The molecule has 0 atom stereocenters. The highest BCUT2D eigenvalue weighted by molar-refractivity contribution is 7.99. The topological polar surface area (TPSA) is 69.7 Å². The molecule has 0 saturated carbocycles. The summed E-state index contributed by atoms with van der Waals surface area (Å²) in [4.78, 5) is 15.2. The molecule has 6 nitrogen and oxygen atoms in total. The summed E-state index contributed by atoms with van der Waals surface area (Å²) in [5, 5.41) is 4.43. The Bertz CT molecular complexity index is 1360. The third kappa shape index (κ3) is 6.74. The molecule has 0 radical (unpaired) electrons. The summed E-state index contributed by atoms with van der Waals surface area (Å²) in [5.74, 6) is 1.92. The average Bonchev–Trinajstić information content (AvgIpc) is 2.89. The van der Waals surface area contributed by atoms with Gasteiger partial charge in [-0.15, -0.1) is 0 Å². The highest BCUT2D eigenvalue weighted by Crippen LogP contribution is 2.36. The van der Waals surface area contributed by atoms with E-state index in [1.807, 2.05) is 60.3 Å². The van der Waals surface area contributed by atoms with Crippen LogP contribution in [0.1, 0.15) is 40.4 Å². The van der Waals surface area contributed by atoms with Gasteiger partial charge in [-0.1, -0.05) is 53.5 Å². The number of carbonyl (C=O) groups excluding carboxylic acids is 1. The smallest absolute Gasteiger partial charge is 0.251 e. The minimum Gasteiger partial charge on any atom is -0.349 e. The monoisotopic (exact) mass is 603 g/mol. The largest absolute Gasteiger partial charge is 0.349 e. The number of halogens is 2. The van der Waals surface area contributed by atoms with Crippen molar-refractivity contribution in [1.29, 1.82) is 0 Å². The van der Waals surface area contributed by atoms with Crippen molar-refractivity contribution in [3.8, 4) is 0 Å². The predicted molar refractivity (Wildman–Crippen MR) is 162 cm³/mol. The number of carbonyl (C=O) groups is 1. The number of nitrogens with one attached hydrogen (secondary N) is 1. The molecule has 2 aliphatic heterocycles. The zero-order chi connectivity index (χ0) is 27.6. The van der Waals surface area contributed by atoms with Crippen LogP contribution in [0, 0.1) is 0 Å². The Labute approximate surface area is 244 Å². The number of sulfonamides is 1. The summed E-state index contributed by atoms with van der Waals surface area (Å²) >= 11 is 14.2. The first-order valence-electron chi connectivity index (χ1n) is 12.9. The van der Waals surface area contributed by atoms with E-state index in [-0.39, 0.29) is 24.0 Å². The third-order valence-corrected chi connectivity index (χ3v) is 10.0. The van der Waals surface area contributed by atoms with Gasteiger partial charge < -0.3 is 5.32 Å². The normalized spacial score (nSPS) is 17.1. The SMILES string of the molecule is CS(=O)(=O)N(c1cccc(C(=O)NC2CCSCC2)c1)C1CN(C(c2ccc(Cl)cc2)c2ccc(Cl)cc2)C1. The van der Waals surface area contributed by atoms with Gasteiger partial charge in [-0.3, -0.25) is 14.0 Å². The minimum atomic E-state index is -3.60. The second kappa shape index (κ2) is 12.1. The van der Waals surface area contributed by atoms with Crippen LogP contribution in [0.2, 0.25) is 10.0 Å². The van der Waals surface area contributed by atoms with Crippen molar-refractivity contribution in [2.24, 2.45) is 0 Å². The number of benzene rings is 3. The Morgan fingerprint density at radius 3 is 2.05 bits per heavy atom. The molecule has 0 bridgehead atoms. The van der Waals surface area contributed by atoms with Crippen molar-refractivity contribution >= 4 is 56.6 Å². The van der Waals surface area contributed by atoms with E-state index in [1.165, 1.54) is 10.6 Å². The fourth-order valence-corrected chi connectivity index (χ4v) is 7.85. The summed E-state index contributed by atoms with van der Waals surface area (Å²) in [6.07, 6.45) is 3.12. The molecule has 1 amide bonds. The highest BCUT2D eigenvalue weighted by atomic mass is 35.5. The van der Waals surface area contributed by atoms with Crippen LogP contribution in [-0.2, 0) is 10.0 Å². The second-order valence-electron chi connectivity index (χ2n) is 10.1. The van der Waals surface area contributed by atoms with E-state index in [0.717, 1.165) is 35.5 Å². The Balaban J connectivity index is 1.37. The third-order valence-electron chi connectivity index (χ3n) is 7.24. The van der Waals surface area contributed by atoms with Gasteiger partial charge in [0.1, 0.15) is 0 Å². The molecule has 206 valence electrons. The van der Waals surface area contributed by atoms with E-state index in [9.17, 15) is 13.2 Å². The molecule has 0 aliphatic carbocycles. The van der Waals surface area contributed by atoms with Gasteiger partial charge in [0.25, 0.3) is 5.91 Å². The van der Waals surface area contributed by atoms with Crippen LogP contribution in [0.5, 0.6) is 0 Å². The molecule has 39 heavy (non-hydrogen) atoms. The lowest BCUT2D eigenvalue weighted by Crippen LogP contribution is -2.61. The summed E-state index contributed by atoms with van der Waals surface area (Å²) in [5.41, 5.74) is 3.09. The van der Waals surface area contributed by atoms with Gasteiger partial charge in [-0.25, -0.2) is 8.42 Å². The van der Waals surface area contributed by atoms with Crippen LogP contribution in [0.3, 0.4) is 0 Å². The maximum atomic E-state index is 13.0. The molecule has 3 aromatic rings. The zero-order valence-electron chi connectivity index (χ0n) is 21.6. The lowest BCUT2D eigenvalue weighted by molar-refractivity contribution is 0.0934. The molecule has 3 aromatic carbocycles. The van der Waals surface area contributed by atoms with Crippen LogP contribution in [0.4, 0.5) is 5.69 Å². The van der Waals surface area contributed by atoms with Gasteiger partial charge in [0, 0.05) is 34.7 Å². The fraction of sp³-hybridized carbons (Fsp3) is 0.345. The Kier molecular flexibility index (Phi) is 8.79. The molecular formula is C29H31Cl2N3O3S2. The van der Waals surface area contributed by atoms with E-state index >= 15 is 0 Å². The first-order valence-corrected chi connectivity index (χ1v) is 16.7. The summed E-state index contributed by atoms with van der Waals surface area (Å²) < 4.78 is 27.5. The highest BCUT2D eigenvalue weighted by Gasteiger charge is 2.40. The van der Waals surface area contributed by atoms with Gasteiger partial charge in [0.15, 0.2) is 0 Å². The van der Waals surface area contributed by atoms with Gasteiger partial charge in [-0.05, 0) is 77.9 Å². The summed E-state index contributed by atoms with van der Waals surface area (Å²) in [7, 11) is -3.60.